The molecule has 0 heterocycles. The third-order valence-electron chi connectivity index (χ3n) is 4.63. The second-order valence-electron chi connectivity index (χ2n) is 8.31. The van der Waals surface area contributed by atoms with Crippen molar-refractivity contribution in [1.82, 2.24) is 0 Å². The summed E-state index contributed by atoms with van der Waals surface area (Å²) in [4.78, 5) is 0. The Morgan fingerprint density at radius 1 is 0.920 bits per heavy atom. The fourth-order valence-electron chi connectivity index (χ4n) is 3.19. The van der Waals surface area contributed by atoms with Crippen molar-refractivity contribution in [2.75, 3.05) is 6.16 Å². The van der Waals surface area contributed by atoms with Gasteiger partial charge in [-0.2, -0.15) is 0 Å². The fourth-order valence-corrected chi connectivity index (χ4v) is 8.21. The van der Waals surface area contributed by atoms with Gasteiger partial charge >= 0.3 is 0 Å². The number of hydrogen-bond acceptors (Lipinski definition) is 2. The van der Waals surface area contributed by atoms with Gasteiger partial charge in [0.05, 0.1) is 5.60 Å². The lowest BCUT2D eigenvalue weighted by atomic mass is 9.95. The van der Waals surface area contributed by atoms with E-state index >= 15 is 0 Å². The molecule has 0 aliphatic heterocycles. The van der Waals surface area contributed by atoms with Crippen LogP contribution in [-0.4, -0.2) is 20.1 Å². The van der Waals surface area contributed by atoms with Gasteiger partial charge in [0.15, 0.2) is 8.32 Å². The first kappa shape index (κ1) is 20.2. The van der Waals surface area contributed by atoms with Crippen LogP contribution in [0.2, 0.25) is 19.6 Å². The lowest BCUT2D eigenvalue weighted by Crippen LogP contribution is -2.44. The average molecular weight is 375 g/mol. The summed E-state index contributed by atoms with van der Waals surface area (Å²) in [6.07, 6.45) is 0.610. The van der Waals surface area contributed by atoms with Crippen molar-refractivity contribution in [1.29, 1.82) is 0 Å². The normalized spacial score (nSPS) is 14.3. The van der Waals surface area contributed by atoms with Gasteiger partial charge in [-0.3, -0.25) is 0 Å². The van der Waals surface area contributed by atoms with E-state index in [9.17, 15) is 4.57 Å². The van der Waals surface area contributed by atoms with Gasteiger partial charge in [-0.15, -0.1) is 0 Å². The molecule has 0 saturated carbocycles. The molecule has 1 atom stereocenters. The van der Waals surface area contributed by atoms with E-state index in [0.29, 0.717) is 6.16 Å². The monoisotopic (exact) mass is 374 g/mol. The molecular formula is C21H31O2PSi. The van der Waals surface area contributed by atoms with Crippen molar-refractivity contribution in [3.8, 4) is 0 Å². The van der Waals surface area contributed by atoms with Gasteiger partial charge in [-0.1, -0.05) is 67.6 Å². The van der Waals surface area contributed by atoms with Gasteiger partial charge in [0.25, 0.3) is 0 Å². The van der Waals surface area contributed by atoms with Crippen molar-refractivity contribution < 1.29 is 8.99 Å². The van der Waals surface area contributed by atoms with Crippen LogP contribution in [0.15, 0.2) is 60.7 Å². The minimum atomic E-state index is -2.71. The van der Waals surface area contributed by atoms with Gasteiger partial charge in [-0.05, 0) is 39.4 Å². The van der Waals surface area contributed by atoms with Gasteiger partial charge in [0.2, 0.25) is 0 Å². The van der Waals surface area contributed by atoms with Crippen molar-refractivity contribution in [2.24, 2.45) is 5.92 Å². The van der Waals surface area contributed by atoms with Crippen LogP contribution < -0.4 is 10.6 Å². The van der Waals surface area contributed by atoms with E-state index in [1.165, 1.54) is 0 Å². The van der Waals surface area contributed by atoms with Crippen LogP contribution in [-0.2, 0) is 8.99 Å². The molecular weight excluding hydrogens is 343 g/mol. The van der Waals surface area contributed by atoms with E-state index in [0.717, 1.165) is 10.6 Å². The molecule has 2 aromatic carbocycles. The first-order valence-electron chi connectivity index (χ1n) is 8.95. The SMILES string of the molecule is CC(CP(=O)(c1ccccc1)c1ccccc1)C(C)(C)O[Si](C)(C)C. The lowest BCUT2D eigenvalue weighted by Gasteiger charge is -2.39. The van der Waals surface area contributed by atoms with E-state index in [1.54, 1.807) is 0 Å². The third kappa shape index (κ3) is 5.16. The average Bonchev–Trinajstić information content (AvgIpc) is 2.54. The van der Waals surface area contributed by atoms with Crippen LogP contribution in [0.4, 0.5) is 0 Å². The van der Waals surface area contributed by atoms with Crippen LogP contribution in [0.5, 0.6) is 0 Å². The van der Waals surface area contributed by atoms with Crippen LogP contribution in [0, 0.1) is 5.92 Å². The summed E-state index contributed by atoms with van der Waals surface area (Å²) >= 11 is 0. The lowest BCUT2D eigenvalue weighted by molar-refractivity contribution is 0.0534. The van der Waals surface area contributed by atoms with Gasteiger partial charge in [-0.25, -0.2) is 0 Å². The first-order valence-corrected chi connectivity index (χ1v) is 14.3. The number of hydrogen-bond donors (Lipinski definition) is 0. The largest absolute Gasteiger partial charge is 0.412 e. The number of rotatable bonds is 7. The zero-order valence-electron chi connectivity index (χ0n) is 16.3. The molecule has 0 radical (unpaired) electrons. The summed E-state index contributed by atoms with van der Waals surface area (Å²) in [7, 11) is -4.39. The Hall–Kier alpha value is -1.15. The highest BCUT2D eigenvalue weighted by atomic mass is 31.2. The minimum absolute atomic E-state index is 0.172. The molecule has 0 saturated heterocycles. The molecule has 2 nitrogen and oxygen atoms in total. The highest BCUT2D eigenvalue weighted by Crippen LogP contribution is 2.47. The van der Waals surface area contributed by atoms with E-state index in [-0.39, 0.29) is 11.5 Å². The Morgan fingerprint density at radius 2 is 1.32 bits per heavy atom. The molecule has 0 aliphatic carbocycles. The Morgan fingerprint density at radius 3 is 1.68 bits per heavy atom. The maximum atomic E-state index is 14.2. The maximum absolute atomic E-state index is 14.2. The molecule has 0 aromatic heterocycles. The summed E-state index contributed by atoms with van der Waals surface area (Å²) in [5.74, 6) is 0.172. The summed E-state index contributed by atoms with van der Waals surface area (Å²) in [5, 5.41) is 1.86. The topological polar surface area (TPSA) is 26.3 Å². The molecule has 0 amide bonds. The van der Waals surface area contributed by atoms with Crippen LogP contribution in [0.25, 0.3) is 0 Å². The maximum Gasteiger partial charge on any atom is 0.184 e. The van der Waals surface area contributed by atoms with E-state index in [1.807, 2.05) is 60.7 Å². The highest BCUT2D eigenvalue weighted by Gasteiger charge is 2.38. The summed E-state index contributed by atoms with van der Waals surface area (Å²) in [5.41, 5.74) is -0.302. The minimum Gasteiger partial charge on any atom is -0.412 e. The molecule has 1 unspecified atom stereocenters. The molecule has 25 heavy (non-hydrogen) atoms. The molecule has 2 rings (SSSR count). The van der Waals surface area contributed by atoms with Crippen molar-refractivity contribution in [2.45, 2.75) is 46.0 Å². The second-order valence-corrected chi connectivity index (χ2v) is 15.6. The van der Waals surface area contributed by atoms with Crippen molar-refractivity contribution in [3.05, 3.63) is 60.7 Å². The van der Waals surface area contributed by atoms with E-state index < -0.39 is 15.5 Å². The Labute approximate surface area is 154 Å². The molecule has 136 valence electrons. The van der Waals surface area contributed by atoms with Crippen molar-refractivity contribution in [3.63, 3.8) is 0 Å². The summed E-state index contributed by atoms with van der Waals surface area (Å²) in [6, 6.07) is 19.8. The Kier molecular flexibility index (Phi) is 6.14. The third-order valence-corrected chi connectivity index (χ3v) is 9.10. The second kappa shape index (κ2) is 7.61. The quantitative estimate of drug-likeness (QED) is 0.488. The molecule has 0 fully saturated rings. The van der Waals surface area contributed by atoms with Gasteiger partial charge < -0.3 is 8.99 Å². The van der Waals surface area contributed by atoms with Crippen molar-refractivity contribution >= 4 is 26.1 Å². The van der Waals surface area contributed by atoms with Gasteiger partial charge in [0, 0.05) is 16.8 Å². The smallest absolute Gasteiger partial charge is 0.184 e. The fraction of sp³-hybridized carbons (Fsp3) is 0.429. The molecule has 0 bridgehead atoms. The molecule has 2 aromatic rings. The summed E-state index contributed by atoms with van der Waals surface area (Å²) in [6.45, 7) is 13.0. The molecule has 0 spiro atoms. The molecule has 0 N–H and O–H groups in total. The van der Waals surface area contributed by atoms with Crippen LogP contribution in [0.3, 0.4) is 0 Å². The van der Waals surface area contributed by atoms with Gasteiger partial charge in [0.1, 0.15) is 7.14 Å². The van der Waals surface area contributed by atoms with Crippen LogP contribution >= 0.6 is 7.14 Å². The van der Waals surface area contributed by atoms with E-state index in [2.05, 4.69) is 40.4 Å². The molecule has 4 heteroatoms. The predicted octanol–water partition coefficient (Wildman–Crippen LogP) is 5.27. The zero-order chi connectivity index (χ0) is 18.7. The standard InChI is InChI=1S/C21H31O2PSi/c1-18(21(2,3)23-25(4,5)6)17-24(22,19-13-9-7-10-14-19)20-15-11-8-12-16-20/h7-16,18H,17H2,1-6H3. The van der Waals surface area contributed by atoms with E-state index in [4.69, 9.17) is 4.43 Å². The zero-order valence-corrected chi connectivity index (χ0v) is 18.2. The Balaban J connectivity index is 2.40. The highest BCUT2D eigenvalue weighted by molar-refractivity contribution is 7.78. The predicted molar refractivity (Wildman–Crippen MR) is 112 cm³/mol. The molecule has 0 aliphatic rings. The summed E-state index contributed by atoms with van der Waals surface area (Å²) < 4.78 is 20.6. The van der Waals surface area contributed by atoms with Crippen LogP contribution in [0.1, 0.15) is 20.8 Å². The first-order chi connectivity index (χ1) is 11.5. The number of benzene rings is 2. The Bertz CT molecular complexity index is 677.